The second kappa shape index (κ2) is 7.78. The zero-order valence-corrected chi connectivity index (χ0v) is 12.3. The van der Waals surface area contributed by atoms with Crippen molar-refractivity contribution in [3.05, 3.63) is 0 Å². The fourth-order valence-corrected chi connectivity index (χ4v) is 2.87. The minimum absolute atomic E-state index is 0.163. The van der Waals surface area contributed by atoms with Crippen molar-refractivity contribution in [1.29, 1.82) is 0 Å². The molecule has 3 nitrogen and oxygen atoms in total. The summed E-state index contributed by atoms with van der Waals surface area (Å²) in [6, 6.07) is 0.743. The molecule has 18 heavy (non-hydrogen) atoms. The number of rotatable bonds is 6. The Labute approximate surface area is 112 Å². The van der Waals surface area contributed by atoms with Gasteiger partial charge in [0.05, 0.1) is 0 Å². The maximum Gasteiger partial charge on any atom is 0.225 e. The standard InChI is InChI=1S/C15H30N2O/c1-4-14-10-5-6-11-17(14)15(18)12(2)8-7-9-13(3)16/h12-14H,4-11,16H2,1-3H3. The predicted octanol–water partition coefficient (Wildman–Crippen LogP) is 2.93. The fourth-order valence-electron chi connectivity index (χ4n) is 2.87. The fraction of sp³-hybridized carbons (Fsp3) is 0.933. The van der Waals surface area contributed by atoms with E-state index in [0.29, 0.717) is 11.9 Å². The van der Waals surface area contributed by atoms with Gasteiger partial charge in [-0.15, -0.1) is 0 Å². The summed E-state index contributed by atoms with van der Waals surface area (Å²) in [5, 5.41) is 0. The molecule has 1 amide bonds. The van der Waals surface area contributed by atoms with Gasteiger partial charge in [0.15, 0.2) is 0 Å². The Morgan fingerprint density at radius 1 is 1.33 bits per heavy atom. The summed E-state index contributed by atoms with van der Waals surface area (Å²) in [6.45, 7) is 7.26. The number of piperidine rings is 1. The van der Waals surface area contributed by atoms with Crippen LogP contribution in [-0.4, -0.2) is 29.4 Å². The lowest BCUT2D eigenvalue weighted by Gasteiger charge is -2.37. The van der Waals surface area contributed by atoms with Gasteiger partial charge in [0.2, 0.25) is 5.91 Å². The van der Waals surface area contributed by atoms with Gasteiger partial charge < -0.3 is 10.6 Å². The molecule has 0 radical (unpaired) electrons. The molecule has 0 saturated carbocycles. The number of hydrogen-bond donors (Lipinski definition) is 1. The van der Waals surface area contributed by atoms with Crippen LogP contribution in [0.3, 0.4) is 0 Å². The van der Waals surface area contributed by atoms with E-state index in [4.69, 9.17) is 5.73 Å². The Hall–Kier alpha value is -0.570. The van der Waals surface area contributed by atoms with Crippen molar-refractivity contribution in [3.63, 3.8) is 0 Å². The Balaban J connectivity index is 2.41. The van der Waals surface area contributed by atoms with Gasteiger partial charge in [-0.3, -0.25) is 4.79 Å². The third-order valence-corrected chi connectivity index (χ3v) is 4.10. The van der Waals surface area contributed by atoms with Gasteiger partial charge in [-0.05, 0) is 45.4 Å². The summed E-state index contributed by atoms with van der Waals surface area (Å²) >= 11 is 0. The van der Waals surface area contributed by atoms with Crippen LogP contribution in [0, 0.1) is 5.92 Å². The minimum Gasteiger partial charge on any atom is -0.340 e. The summed E-state index contributed by atoms with van der Waals surface area (Å²) in [5.41, 5.74) is 5.75. The second-order valence-electron chi connectivity index (χ2n) is 5.90. The van der Waals surface area contributed by atoms with E-state index in [0.717, 1.165) is 32.2 Å². The number of likely N-dealkylation sites (tertiary alicyclic amines) is 1. The average Bonchev–Trinajstić information content (AvgIpc) is 2.37. The molecule has 106 valence electrons. The van der Waals surface area contributed by atoms with E-state index in [2.05, 4.69) is 18.7 Å². The normalized spacial score (nSPS) is 23.8. The molecular formula is C15H30N2O. The van der Waals surface area contributed by atoms with E-state index < -0.39 is 0 Å². The van der Waals surface area contributed by atoms with Gasteiger partial charge in [-0.2, -0.15) is 0 Å². The van der Waals surface area contributed by atoms with Crippen LogP contribution in [0.25, 0.3) is 0 Å². The zero-order valence-electron chi connectivity index (χ0n) is 12.3. The van der Waals surface area contributed by atoms with E-state index in [1.807, 2.05) is 6.92 Å². The Bertz CT molecular complexity index is 253. The van der Waals surface area contributed by atoms with Crippen LogP contribution in [0.15, 0.2) is 0 Å². The van der Waals surface area contributed by atoms with Crippen LogP contribution in [0.1, 0.15) is 65.7 Å². The number of carbonyl (C=O) groups excluding carboxylic acids is 1. The molecule has 3 atom stereocenters. The zero-order chi connectivity index (χ0) is 13.5. The van der Waals surface area contributed by atoms with Crippen molar-refractivity contribution in [3.8, 4) is 0 Å². The highest BCUT2D eigenvalue weighted by molar-refractivity contribution is 5.78. The molecule has 1 aliphatic rings. The average molecular weight is 254 g/mol. The third kappa shape index (κ3) is 4.60. The smallest absolute Gasteiger partial charge is 0.225 e. The second-order valence-corrected chi connectivity index (χ2v) is 5.90. The van der Waals surface area contributed by atoms with Gasteiger partial charge in [-0.1, -0.05) is 20.3 Å². The van der Waals surface area contributed by atoms with Crippen molar-refractivity contribution >= 4 is 5.91 Å². The van der Waals surface area contributed by atoms with Gasteiger partial charge in [0.25, 0.3) is 0 Å². The summed E-state index contributed by atoms with van der Waals surface area (Å²) in [7, 11) is 0. The monoisotopic (exact) mass is 254 g/mol. The molecule has 0 aliphatic carbocycles. The summed E-state index contributed by atoms with van der Waals surface area (Å²) in [4.78, 5) is 14.6. The lowest BCUT2D eigenvalue weighted by Crippen LogP contribution is -2.45. The maximum absolute atomic E-state index is 12.4. The number of carbonyl (C=O) groups is 1. The van der Waals surface area contributed by atoms with Gasteiger partial charge in [-0.25, -0.2) is 0 Å². The Kier molecular flexibility index (Phi) is 6.69. The lowest BCUT2D eigenvalue weighted by atomic mass is 9.95. The summed E-state index contributed by atoms with van der Waals surface area (Å²) in [6.07, 6.45) is 7.81. The van der Waals surface area contributed by atoms with E-state index in [9.17, 15) is 4.79 Å². The van der Waals surface area contributed by atoms with Crippen molar-refractivity contribution in [2.45, 2.75) is 77.8 Å². The number of nitrogens with two attached hydrogens (primary N) is 1. The number of hydrogen-bond acceptors (Lipinski definition) is 2. The topological polar surface area (TPSA) is 46.3 Å². The first kappa shape index (κ1) is 15.5. The molecule has 1 saturated heterocycles. The SMILES string of the molecule is CCC1CCCCN1C(=O)C(C)CCCC(C)N. The van der Waals surface area contributed by atoms with Crippen molar-refractivity contribution in [2.75, 3.05) is 6.54 Å². The van der Waals surface area contributed by atoms with E-state index in [-0.39, 0.29) is 12.0 Å². The minimum atomic E-state index is 0.163. The van der Waals surface area contributed by atoms with Crippen molar-refractivity contribution in [2.24, 2.45) is 11.7 Å². The molecule has 3 heteroatoms. The highest BCUT2D eigenvalue weighted by Crippen LogP contribution is 2.23. The quantitative estimate of drug-likeness (QED) is 0.792. The molecule has 0 bridgehead atoms. The van der Waals surface area contributed by atoms with E-state index >= 15 is 0 Å². The third-order valence-electron chi connectivity index (χ3n) is 4.10. The van der Waals surface area contributed by atoms with Crippen LogP contribution in [-0.2, 0) is 4.79 Å². The number of nitrogens with zero attached hydrogens (tertiary/aromatic N) is 1. The molecule has 1 rings (SSSR count). The van der Waals surface area contributed by atoms with Gasteiger partial charge in [0, 0.05) is 24.5 Å². The Morgan fingerprint density at radius 2 is 2.06 bits per heavy atom. The first-order chi connectivity index (χ1) is 8.56. The first-order valence-electron chi connectivity index (χ1n) is 7.62. The molecule has 1 heterocycles. The first-order valence-corrected chi connectivity index (χ1v) is 7.62. The highest BCUT2D eigenvalue weighted by atomic mass is 16.2. The van der Waals surface area contributed by atoms with Crippen molar-refractivity contribution < 1.29 is 4.79 Å². The molecule has 3 unspecified atom stereocenters. The summed E-state index contributed by atoms with van der Waals surface area (Å²) < 4.78 is 0. The molecule has 0 aromatic rings. The summed E-state index contributed by atoms with van der Waals surface area (Å²) in [5.74, 6) is 0.530. The van der Waals surface area contributed by atoms with E-state index in [1.54, 1.807) is 0 Å². The molecule has 1 aliphatic heterocycles. The molecular weight excluding hydrogens is 224 g/mol. The molecule has 0 spiro atoms. The highest BCUT2D eigenvalue weighted by Gasteiger charge is 2.28. The van der Waals surface area contributed by atoms with Crippen LogP contribution < -0.4 is 5.73 Å². The van der Waals surface area contributed by atoms with Crippen LogP contribution in [0.4, 0.5) is 0 Å². The van der Waals surface area contributed by atoms with Gasteiger partial charge in [0.1, 0.15) is 0 Å². The molecule has 0 aromatic carbocycles. The molecule has 1 fully saturated rings. The Morgan fingerprint density at radius 3 is 2.67 bits per heavy atom. The maximum atomic E-state index is 12.4. The largest absolute Gasteiger partial charge is 0.340 e. The molecule has 2 N–H and O–H groups in total. The van der Waals surface area contributed by atoms with Crippen LogP contribution in [0.5, 0.6) is 0 Å². The van der Waals surface area contributed by atoms with Crippen LogP contribution >= 0.6 is 0 Å². The van der Waals surface area contributed by atoms with Crippen LogP contribution in [0.2, 0.25) is 0 Å². The van der Waals surface area contributed by atoms with E-state index in [1.165, 1.54) is 19.3 Å². The molecule has 0 aromatic heterocycles. The number of amides is 1. The van der Waals surface area contributed by atoms with Gasteiger partial charge >= 0.3 is 0 Å². The lowest BCUT2D eigenvalue weighted by molar-refractivity contribution is -0.139. The predicted molar refractivity (Wildman–Crippen MR) is 76.3 cm³/mol. The van der Waals surface area contributed by atoms with Crippen molar-refractivity contribution in [1.82, 2.24) is 4.90 Å².